The molecule has 2 unspecified atom stereocenters. The Bertz CT molecular complexity index is 275. The van der Waals surface area contributed by atoms with Gasteiger partial charge in [0.15, 0.2) is 0 Å². The molecule has 0 aromatic heterocycles. The van der Waals surface area contributed by atoms with Gasteiger partial charge in [-0.05, 0) is 12.5 Å². The third kappa shape index (κ3) is 2.08. The first-order valence-corrected chi connectivity index (χ1v) is 4.58. The van der Waals surface area contributed by atoms with Crippen LogP contribution in [0.15, 0.2) is 30.3 Å². The van der Waals surface area contributed by atoms with Crippen LogP contribution in [0.4, 0.5) is 0 Å². The maximum absolute atomic E-state index is 10.1. The van der Waals surface area contributed by atoms with E-state index in [1.165, 1.54) is 0 Å². The molecule has 1 aliphatic heterocycles. The summed E-state index contributed by atoms with van der Waals surface area (Å²) in [7, 11) is 0. The highest BCUT2D eigenvalue weighted by Gasteiger charge is 2.33. The molecular weight excluding hydrogens is 164 g/mol. The summed E-state index contributed by atoms with van der Waals surface area (Å²) in [5.74, 6) is 0. The van der Waals surface area contributed by atoms with Gasteiger partial charge in [-0.15, -0.1) is 0 Å². The molecule has 70 valence electrons. The van der Waals surface area contributed by atoms with Gasteiger partial charge >= 0.3 is 0 Å². The molecule has 2 atom stereocenters. The van der Waals surface area contributed by atoms with Crippen LogP contribution in [0.5, 0.6) is 0 Å². The monoisotopic (exact) mass is 178 g/mol. The van der Waals surface area contributed by atoms with E-state index in [1.807, 2.05) is 37.3 Å². The molecule has 1 N–H and O–H groups in total. The molecule has 0 aliphatic carbocycles. The highest BCUT2D eigenvalue weighted by atomic mass is 16.6. The Hall–Kier alpha value is -0.860. The lowest BCUT2D eigenvalue weighted by atomic mass is 9.91. The first-order valence-electron chi connectivity index (χ1n) is 4.58. The Morgan fingerprint density at radius 3 is 2.62 bits per heavy atom. The van der Waals surface area contributed by atoms with Crippen LogP contribution in [-0.4, -0.2) is 17.8 Å². The van der Waals surface area contributed by atoms with Gasteiger partial charge in [-0.25, -0.2) is 0 Å². The topological polar surface area (TPSA) is 32.8 Å². The molecule has 0 radical (unpaired) electrons. The second-order valence-corrected chi connectivity index (χ2v) is 3.80. The highest BCUT2D eigenvalue weighted by molar-refractivity contribution is 5.21. The van der Waals surface area contributed by atoms with Crippen molar-refractivity contribution < 1.29 is 9.84 Å². The summed E-state index contributed by atoms with van der Waals surface area (Å²) in [5, 5.41) is 10.1. The minimum atomic E-state index is -0.748. The highest BCUT2D eigenvalue weighted by Crippen LogP contribution is 2.30. The van der Waals surface area contributed by atoms with Crippen LogP contribution in [0, 0.1) is 0 Å². The van der Waals surface area contributed by atoms with E-state index in [2.05, 4.69) is 0 Å². The number of hydrogen-bond donors (Lipinski definition) is 1. The van der Waals surface area contributed by atoms with E-state index < -0.39 is 5.60 Å². The van der Waals surface area contributed by atoms with Crippen molar-refractivity contribution in [3.63, 3.8) is 0 Å². The molecule has 1 aromatic rings. The van der Waals surface area contributed by atoms with Crippen molar-refractivity contribution in [1.29, 1.82) is 0 Å². The molecule has 1 fully saturated rings. The normalized spacial score (nSPS) is 25.2. The van der Waals surface area contributed by atoms with E-state index >= 15 is 0 Å². The number of rotatable bonds is 3. The molecule has 2 nitrogen and oxygen atoms in total. The first kappa shape index (κ1) is 8.73. The summed E-state index contributed by atoms with van der Waals surface area (Å²) in [6, 6.07) is 9.73. The molecule has 1 heterocycles. The maximum Gasteiger partial charge on any atom is 0.0894 e. The Morgan fingerprint density at radius 2 is 2.08 bits per heavy atom. The fraction of sp³-hybridized carbons (Fsp3) is 0.455. The third-order valence-electron chi connectivity index (χ3n) is 2.42. The number of ether oxygens (including phenoxy) is 1. The predicted octanol–water partition coefficient (Wildman–Crippen LogP) is 1.68. The molecule has 2 rings (SSSR count). The summed E-state index contributed by atoms with van der Waals surface area (Å²) in [4.78, 5) is 0. The fourth-order valence-electron chi connectivity index (χ4n) is 1.54. The lowest BCUT2D eigenvalue weighted by molar-refractivity contribution is 0.0396. The molecule has 0 bridgehead atoms. The molecule has 13 heavy (non-hydrogen) atoms. The number of epoxide rings is 1. The molecular formula is C11H14O2. The van der Waals surface area contributed by atoms with Crippen LogP contribution < -0.4 is 0 Å². The van der Waals surface area contributed by atoms with Crippen molar-refractivity contribution in [2.45, 2.75) is 25.0 Å². The Morgan fingerprint density at radius 1 is 1.46 bits per heavy atom. The van der Waals surface area contributed by atoms with Crippen LogP contribution in [-0.2, 0) is 10.3 Å². The van der Waals surface area contributed by atoms with Gasteiger partial charge in [0.05, 0.1) is 18.3 Å². The molecule has 0 saturated carbocycles. The first-order chi connectivity index (χ1) is 6.18. The summed E-state index contributed by atoms with van der Waals surface area (Å²) >= 11 is 0. The van der Waals surface area contributed by atoms with Crippen LogP contribution in [0.25, 0.3) is 0 Å². The van der Waals surface area contributed by atoms with Gasteiger partial charge in [0.25, 0.3) is 0 Å². The zero-order valence-corrected chi connectivity index (χ0v) is 7.73. The van der Waals surface area contributed by atoms with E-state index in [-0.39, 0.29) is 6.10 Å². The minimum Gasteiger partial charge on any atom is -0.385 e. The Balaban J connectivity index is 2.12. The van der Waals surface area contributed by atoms with Crippen LogP contribution in [0.1, 0.15) is 18.9 Å². The average molecular weight is 178 g/mol. The maximum atomic E-state index is 10.1. The lowest BCUT2D eigenvalue weighted by Gasteiger charge is -2.22. The second-order valence-electron chi connectivity index (χ2n) is 3.80. The quantitative estimate of drug-likeness (QED) is 0.714. The van der Waals surface area contributed by atoms with E-state index in [0.29, 0.717) is 6.42 Å². The van der Waals surface area contributed by atoms with Gasteiger partial charge in [-0.2, -0.15) is 0 Å². The smallest absolute Gasteiger partial charge is 0.0894 e. The average Bonchev–Trinajstić information content (AvgIpc) is 2.89. The SMILES string of the molecule is CC(O)(CC1CO1)c1ccccc1. The number of benzene rings is 1. The van der Waals surface area contributed by atoms with E-state index in [9.17, 15) is 5.11 Å². The zero-order chi connectivity index (χ0) is 9.31. The minimum absolute atomic E-state index is 0.259. The standard InChI is InChI=1S/C11H14O2/c1-11(12,7-10-8-13-10)9-5-3-2-4-6-9/h2-6,10,12H,7-8H2,1H3. The summed E-state index contributed by atoms with van der Waals surface area (Å²) in [5.41, 5.74) is 0.216. The number of hydrogen-bond acceptors (Lipinski definition) is 2. The molecule has 1 aromatic carbocycles. The third-order valence-corrected chi connectivity index (χ3v) is 2.42. The van der Waals surface area contributed by atoms with Crippen molar-refractivity contribution in [2.24, 2.45) is 0 Å². The Kier molecular flexibility index (Phi) is 2.10. The predicted molar refractivity (Wildman–Crippen MR) is 50.4 cm³/mol. The van der Waals surface area contributed by atoms with Gasteiger partial charge in [0.1, 0.15) is 0 Å². The molecule has 0 amide bonds. The lowest BCUT2D eigenvalue weighted by Crippen LogP contribution is -2.23. The molecule has 0 spiro atoms. The van der Waals surface area contributed by atoms with Gasteiger partial charge in [0.2, 0.25) is 0 Å². The van der Waals surface area contributed by atoms with Crippen LogP contribution in [0.3, 0.4) is 0 Å². The van der Waals surface area contributed by atoms with Gasteiger partial charge in [-0.3, -0.25) is 0 Å². The van der Waals surface area contributed by atoms with Crippen LogP contribution in [0.2, 0.25) is 0 Å². The number of aliphatic hydroxyl groups is 1. The second kappa shape index (κ2) is 3.13. The van der Waals surface area contributed by atoms with Crippen molar-refractivity contribution in [2.75, 3.05) is 6.61 Å². The van der Waals surface area contributed by atoms with Crippen LogP contribution >= 0.6 is 0 Å². The van der Waals surface area contributed by atoms with E-state index in [1.54, 1.807) is 0 Å². The van der Waals surface area contributed by atoms with Crippen molar-refractivity contribution >= 4 is 0 Å². The molecule has 2 heteroatoms. The van der Waals surface area contributed by atoms with E-state index in [0.717, 1.165) is 12.2 Å². The zero-order valence-electron chi connectivity index (χ0n) is 7.73. The Labute approximate surface area is 78.2 Å². The van der Waals surface area contributed by atoms with Crippen molar-refractivity contribution in [3.8, 4) is 0 Å². The van der Waals surface area contributed by atoms with Gasteiger partial charge in [-0.1, -0.05) is 30.3 Å². The van der Waals surface area contributed by atoms with Gasteiger partial charge < -0.3 is 9.84 Å². The summed E-state index contributed by atoms with van der Waals surface area (Å²) in [6.07, 6.45) is 0.951. The summed E-state index contributed by atoms with van der Waals surface area (Å²) in [6.45, 7) is 2.63. The molecule has 1 saturated heterocycles. The summed E-state index contributed by atoms with van der Waals surface area (Å²) < 4.78 is 5.11. The fourth-order valence-corrected chi connectivity index (χ4v) is 1.54. The van der Waals surface area contributed by atoms with E-state index in [4.69, 9.17) is 4.74 Å². The van der Waals surface area contributed by atoms with Crippen molar-refractivity contribution in [1.82, 2.24) is 0 Å². The molecule has 1 aliphatic rings. The largest absolute Gasteiger partial charge is 0.385 e. The van der Waals surface area contributed by atoms with Crippen molar-refractivity contribution in [3.05, 3.63) is 35.9 Å². The van der Waals surface area contributed by atoms with Gasteiger partial charge in [0, 0.05) is 6.42 Å².